The number of benzene rings is 1. The molecule has 1 aromatic carbocycles. The standard InChI is InChI=1S/C10H9BrN2S/c1-6-9(13-14-10(6)12)7-2-4-8(11)5-3-7/h2-5H,12H2,1H3. The molecule has 0 fully saturated rings. The van der Waals surface area contributed by atoms with E-state index < -0.39 is 0 Å². The maximum Gasteiger partial charge on any atom is 0.110 e. The Kier molecular flexibility index (Phi) is 2.56. The summed E-state index contributed by atoms with van der Waals surface area (Å²) in [5.41, 5.74) is 8.92. The van der Waals surface area contributed by atoms with E-state index in [1.165, 1.54) is 11.5 Å². The van der Waals surface area contributed by atoms with Crippen molar-refractivity contribution in [2.24, 2.45) is 0 Å². The summed E-state index contributed by atoms with van der Waals surface area (Å²) in [5.74, 6) is 0. The molecule has 2 N–H and O–H groups in total. The molecule has 0 saturated heterocycles. The third-order valence-electron chi connectivity index (χ3n) is 2.08. The Morgan fingerprint density at radius 2 is 1.93 bits per heavy atom. The van der Waals surface area contributed by atoms with Crippen LogP contribution >= 0.6 is 27.5 Å². The van der Waals surface area contributed by atoms with Crippen molar-refractivity contribution in [3.63, 3.8) is 0 Å². The van der Waals surface area contributed by atoms with Gasteiger partial charge in [0.15, 0.2) is 0 Å². The highest BCUT2D eigenvalue weighted by Gasteiger charge is 2.08. The molecule has 14 heavy (non-hydrogen) atoms. The van der Waals surface area contributed by atoms with Gasteiger partial charge in [0, 0.05) is 15.6 Å². The van der Waals surface area contributed by atoms with E-state index in [2.05, 4.69) is 20.3 Å². The lowest BCUT2D eigenvalue weighted by Gasteiger charge is -1.98. The molecule has 0 aliphatic rings. The first-order valence-electron chi connectivity index (χ1n) is 4.16. The second-order valence-electron chi connectivity index (χ2n) is 3.03. The minimum absolute atomic E-state index is 0.794. The SMILES string of the molecule is Cc1c(-c2ccc(Br)cc2)nsc1N. The van der Waals surface area contributed by atoms with Crippen LogP contribution in [0.3, 0.4) is 0 Å². The summed E-state index contributed by atoms with van der Waals surface area (Å²) < 4.78 is 5.39. The van der Waals surface area contributed by atoms with Crippen molar-refractivity contribution in [3.05, 3.63) is 34.3 Å². The van der Waals surface area contributed by atoms with E-state index in [4.69, 9.17) is 5.73 Å². The molecular formula is C10H9BrN2S. The Hall–Kier alpha value is -0.870. The molecule has 0 spiro atoms. The number of nitrogens with zero attached hydrogens (tertiary/aromatic N) is 1. The maximum atomic E-state index is 5.75. The molecule has 72 valence electrons. The fourth-order valence-corrected chi connectivity index (χ4v) is 2.16. The van der Waals surface area contributed by atoms with E-state index in [1.54, 1.807) is 0 Å². The third kappa shape index (κ3) is 1.67. The molecular weight excluding hydrogens is 260 g/mol. The molecule has 0 bridgehead atoms. The molecule has 0 aliphatic heterocycles. The largest absolute Gasteiger partial charge is 0.389 e. The summed E-state index contributed by atoms with van der Waals surface area (Å²) in [6.45, 7) is 2.00. The normalized spacial score (nSPS) is 10.4. The first-order chi connectivity index (χ1) is 6.68. The molecule has 1 heterocycles. The first-order valence-corrected chi connectivity index (χ1v) is 5.73. The highest BCUT2D eigenvalue weighted by molar-refractivity contribution is 9.10. The predicted molar refractivity (Wildman–Crippen MR) is 64.4 cm³/mol. The Morgan fingerprint density at radius 3 is 2.43 bits per heavy atom. The van der Waals surface area contributed by atoms with Crippen molar-refractivity contribution in [2.45, 2.75) is 6.92 Å². The van der Waals surface area contributed by atoms with Crippen LogP contribution in [0.2, 0.25) is 0 Å². The average Bonchev–Trinajstić information content (AvgIpc) is 2.50. The van der Waals surface area contributed by atoms with Gasteiger partial charge in [0.25, 0.3) is 0 Å². The van der Waals surface area contributed by atoms with Crippen LogP contribution in [0, 0.1) is 6.92 Å². The fourth-order valence-electron chi connectivity index (χ4n) is 1.23. The zero-order valence-corrected chi connectivity index (χ0v) is 10.0. The van der Waals surface area contributed by atoms with Gasteiger partial charge in [0.2, 0.25) is 0 Å². The number of nitrogen functional groups attached to an aromatic ring is 1. The van der Waals surface area contributed by atoms with E-state index in [0.29, 0.717) is 0 Å². The number of hydrogen-bond donors (Lipinski definition) is 1. The number of hydrogen-bond acceptors (Lipinski definition) is 3. The number of nitrogens with two attached hydrogens (primary N) is 1. The summed E-state index contributed by atoms with van der Waals surface area (Å²) in [6.07, 6.45) is 0. The van der Waals surface area contributed by atoms with E-state index in [-0.39, 0.29) is 0 Å². The zero-order valence-electron chi connectivity index (χ0n) is 7.62. The number of anilines is 1. The molecule has 0 aliphatic carbocycles. The van der Waals surface area contributed by atoms with Crippen molar-refractivity contribution in [1.29, 1.82) is 0 Å². The van der Waals surface area contributed by atoms with Gasteiger partial charge in [-0.2, -0.15) is 4.37 Å². The summed E-state index contributed by atoms with van der Waals surface area (Å²) in [7, 11) is 0. The molecule has 0 amide bonds. The van der Waals surface area contributed by atoms with E-state index in [9.17, 15) is 0 Å². The van der Waals surface area contributed by atoms with E-state index in [1.807, 2.05) is 31.2 Å². The smallest absolute Gasteiger partial charge is 0.110 e. The Labute approximate surface area is 95.1 Å². The van der Waals surface area contributed by atoms with Crippen molar-refractivity contribution >= 4 is 32.5 Å². The molecule has 2 aromatic rings. The van der Waals surface area contributed by atoms with Crippen LogP contribution in [-0.2, 0) is 0 Å². The topological polar surface area (TPSA) is 38.9 Å². The molecule has 0 saturated carbocycles. The second kappa shape index (κ2) is 3.71. The van der Waals surface area contributed by atoms with Crippen LogP contribution in [-0.4, -0.2) is 4.37 Å². The molecule has 2 rings (SSSR count). The predicted octanol–water partition coefficient (Wildman–Crippen LogP) is 3.46. The van der Waals surface area contributed by atoms with Gasteiger partial charge in [-0.3, -0.25) is 0 Å². The molecule has 0 radical (unpaired) electrons. The lowest BCUT2D eigenvalue weighted by Crippen LogP contribution is -1.84. The summed E-state index contributed by atoms with van der Waals surface area (Å²) in [6, 6.07) is 8.08. The minimum Gasteiger partial charge on any atom is -0.389 e. The van der Waals surface area contributed by atoms with Gasteiger partial charge < -0.3 is 5.73 Å². The van der Waals surface area contributed by atoms with Crippen molar-refractivity contribution in [3.8, 4) is 11.3 Å². The van der Waals surface area contributed by atoms with Crippen LogP contribution in [0.1, 0.15) is 5.56 Å². The van der Waals surface area contributed by atoms with Gasteiger partial charge in [0.05, 0.1) is 5.69 Å². The van der Waals surface area contributed by atoms with Crippen LogP contribution < -0.4 is 5.73 Å². The monoisotopic (exact) mass is 268 g/mol. The quantitative estimate of drug-likeness (QED) is 0.861. The van der Waals surface area contributed by atoms with Gasteiger partial charge >= 0.3 is 0 Å². The number of halogens is 1. The van der Waals surface area contributed by atoms with Gasteiger partial charge in [-0.25, -0.2) is 0 Å². The number of aromatic nitrogens is 1. The van der Waals surface area contributed by atoms with Gasteiger partial charge in [-0.15, -0.1) is 0 Å². The molecule has 2 nitrogen and oxygen atoms in total. The Morgan fingerprint density at radius 1 is 1.29 bits per heavy atom. The van der Waals surface area contributed by atoms with Crippen LogP contribution in [0.4, 0.5) is 5.00 Å². The average molecular weight is 269 g/mol. The highest BCUT2D eigenvalue weighted by Crippen LogP contribution is 2.29. The fraction of sp³-hybridized carbons (Fsp3) is 0.100. The highest BCUT2D eigenvalue weighted by atomic mass is 79.9. The van der Waals surface area contributed by atoms with Crippen molar-refractivity contribution in [2.75, 3.05) is 5.73 Å². The molecule has 0 unspecified atom stereocenters. The lowest BCUT2D eigenvalue weighted by molar-refractivity contribution is 1.43. The lowest BCUT2D eigenvalue weighted by atomic mass is 10.1. The molecule has 1 aromatic heterocycles. The summed E-state index contributed by atoms with van der Waals surface area (Å²) in [5, 5.41) is 0.794. The maximum absolute atomic E-state index is 5.75. The van der Waals surface area contributed by atoms with Crippen molar-refractivity contribution < 1.29 is 0 Å². The third-order valence-corrected chi connectivity index (χ3v) is 3.38. The minimum atomic E-state index is 0.794. The molecule has 4 heteroatoms. The Bertz CT molecular complexity index is 448. The van der Waals surface area contributed by atoms with Crippen LogP contribution in [0.5, 0.6) is 0 Å². The van der Waals surface area contributed by atoms with Crippen LogP contribution in [0.25, 0.3) is 11.3 Å². The zero-order chi connectivity index (χ0) is 10.1. The number of rotatable bonds is 1. The van der Waals surface area contributed by atoms with Gasteiger partial charge in [-0.05, 0) is 30.6 Å². The van der Waals surface area contributed by atoms with Crippen LogP contribution in [0.15, 0.2) is 28.7 Å². The summed E-state index contributed by atoms with van der Waals surface area (Å²) >= 11 is 4.75. The summed E-state index contributed by atoms with van der Waals surface area (Å²) in [4.78, 5) is 0. The second-order valence-corrected chi connectivity index (χ2v) is 4.75. The Balaban J connectivity index is 2.49. The first kappa shape index (κ1) is 9.68. The van der Waals surface area contributed by atoms with E-state index >= 15 is 0 Å². The van der Waals surface area contributed by atoms with Gasteiger partial charge in [0.1, 0.15) is 5.00 Å². The molecule has 0 atom stereocenters. The van der Waals surface area contributed by atoms with Gasteiger partial charge in [-0.1, -0.05) is 28.1 Å². The van der Waals surface area contributed by atoms with E-state index in [0.717, 1.165) is 26.3 Å². The van der Waals surface area contributed by atoms with Crippen molar-refractivity contribution in [1.82, 2.24) is 4.37 Å².